The number of carbonyl (C=O) groups is 1. The van der Waals surface area contributed by atoms with Crippen molar-refractivity contribution in [2.45, 2.75) is 31.6 Å². The molecule has 0 amide bonds. The van der Waals surface area contributed by atoms with Crippen LogP contribution in [0.1, 0.15) is 26.7 Å². The van der Waals surface area contributed by atoms with Gasteiger partial charge in [0.15, 0.2) is 5.78 Å². The average Bonchev–Trinajstić information content (AvgIpc) is 2.26. The van der Waals surface area contributed by atoms with Crippen LogP contribution in [0.15, 0.2) is 33.7 Å². The van der Waals surface area contributed by atoms with E-state index in [2.05, 4.69) is 19.2 Å². The van der Waals surface area contributed by atoms with Crippen LogP contribution in [0.25, 0.3) is 0 Å². The third-order valence-corrected chi connectivity index (χ3v) is 4.50. The summed E-state index contributed by atoms with van der Waals surface area (Å²) in [7, 11) is 0. The lowest BCUT2D eigenvalue weighted by molar-refractivity contribution is -0.117. The Balaban J connectivity index is 2.02. The standard InChI is InChI=1S/C14H14FNOS/c1-14(2)6-10-13(11(17)7-14)18-12-5-8(15)3-4-9(12)16-10/h3-5,16H,6-7H2,1-2H3. The molecule has 0 unspecified atom stereocenters. The maximum atomic E-state index is 13.2. The number of ketones is 1. The molecule has 2 nitrogen and oxygen atoms in total. The maximum Gasteiger partial charge on any atom is 0.171 e. The molecule has 94 valence electrons. The summed E-state index contributed by atoms with van der Waals surface area (Å²) in [6, 6.07) is 4.64. The molecule has 2 aliphatic rings. The van der Waals surface area contributed by atoms with E-state index >= 15 is 0 Å². The molecule has 1 N–H and O–H groups in total. The zero-order chi connectivity index (χ0) is 12.9. The van der Waals surface area contributed by atoms with E-state index in [1.54, 1.807) is 6.07 Å². The van der Waals surface area contributed by atoms with Crippen LogP contribution in [0.2, 0.25) is 0 Å². The van der Waals surface area contributed by atoms with Gasteiger partial charge in [0, 0.05) is 17.0 Å². The molecule has 1 aromatic rings. The van der Waals surface area contributed by atoms with Crippen molar-refractivity contribution in [3.8, 4) is 0 Å². The highest BCUT2D eigenvalue weighted by atomic mass is 32.2. The molecule has 0 atom stereocenters. The summed E-state index contributed by atoms with van der Waals surface area (Å²) in [6.07, 6.45) is 1.42. The van der Waals surface area contributed by atoms with Crippen molar-refractivity contribution in [3.05, 3.63) is 34.6 Å². The van der Waals surface area contributed by atoms with Gasteiger partial charge in [-0.2, -0.15) is 0 Å². The van der Waals surface area contributed by atoms with Gasteiger partial charge in [-0.3, -0.25) is 4.79 Å². The lowest BCUT2D eigenvalue weighted by atomic mass is 9.78. The van der Waals surface area contributed by atoms with Gasteiger partial charge in [0.05, 0.1) is 10.6 Å². The van der Waals surface area contributed by atoms with E-state index in [0.29, 0.717) is 6.42 Å². The zero-order valence-corrected chi connectivity index (χ0v) is 11.2. The summed E-state index contributed by atoms with van der Waals surface area (Å²) < 4.78 is 13.2. The maximum absolute atomic E-state index is 13.2. The van der Waals surface area contributed by atoms with Gasteiger partial charge in [0.2, 0.25) is 0 Å². The summed E-state index contributed by atoms with van der Waals surface area (Å²) in [5.74, 6) is -0.107. The lowest BCUT2D eigenvalue weighted by Crippen LogP contribution is -2.28. The van der Waals surface area contributed by atoms with Crippen molar-refractivity contribution in [1.29, 1.82) is 0 Å². The van der Waals surface area contributed by atoms with E-state index in [-0.39, 0.29) is 17.0 Å². The van der Waals surface area contributed by atoms with E-state index in [9.17, 15) is 9.18 Å². The van der Waals surface area contributed by atoms with Crippen molar-refractivity contribution in [2.24, 2.45) is 5.41 Å². The minimum absolute atomic E-state index is 0.00100. The number of hydrogen-bond donors (Lipinski definition) is 1. The Bertz CT molecular complexity index is 577. The van der Waals surface area contributed by atoms with Crippen molar-refractivity contribution in [1.82, 2.24) is 0 Å². The summed E-state index contributed by atoms with van der Waals surface area (Å²) in [5.41, 5.74) is 1.88. The van der Waals surface area contributed by atoms with Crippen LogP contribution >= 0.6 is 11.8 Å². The van der Waals surface area contributed by atoms with Crippen molar-refractivity contribution in [3.63, 3.8) is 0 Å². The van der Waals surface area contributed by atoms with Gasteiger partial charge in [0.25, 0.3) is 0 Å². The summed E-state index contributed by atoms with van der Waals surface area (Å²) in [6.45, 7) is 4.20. The van der Waals surface area contributed by atoms with Crippen LogP contribution in [0.5, 0.6) is 0 Å². The quantitative estimate of drug-likeness (QED) is 0.768. The molecule has 1 heterocycles. The van der Waals surface area contributed by atoms with Gasteiger partial charge in [-0.1, -0.05) is 25.6 Å². The minimum Gasteiger partial charge on any atom is -0.357 e. The van der Waals surface area contributed by atoms with Gasteiger partial charge in [0.1, 0.15) is 5.82 Å². The van der Waals surface area contributed by atoms with E-state index in [0.717, 1.165) is 27.6 Å². The molecule has 0 saturated carbocycles. The molecule has 0 saturated heterocycles. The van der Waals surface area contributed by atoms with Gasteiger partial charge in [-0.05, 0) is 30.0 Å². The number of anilines is 1. The molecule has 0 aromatic heterocycles. The van der Waals surface area contributed by atoms with E-state index in [1.807, 2.05) is 0 Å². The third-order valence-electron chi connectivity index (χ3n) is 3.26. The highest BCUT2D eigenvalue weighted by Crippen LogP contribution is 2.47. The molecule has 1 aliphatic heterocycles. The van der Waals surface area contributed by atoms with Gasteiger partial charge < -0.3 is 5.32 Å². The van der Waals surface area contributed by atoms with Gasteiger partial charge in [-0.25, -0.2) is 4.39 Å². The lowest BCUT2D eigenvalue weighted by Gasteiger charge is -2.35. The van der Waals surface area contributed by atoms with E-state index in [4.69, 9.17) is 0 Å². The minimum atomic E-state index is -0.268. The predicted molar refractivity (Wildman–Crippen MR) is 70.9 cm³/mol. The van der Waals surface area contributed by atoms with Crippen LogP contribution in [0.3, 0.4) is 0 Å². The first kappa shape index (κ1) is 11.8. The van der Waals surface area contributed by atoms with Crippen LogP contribution in [-0.2, 0) is 4.79 Å². The number of fused-ring (bicyclic) bond motifs is 1. The molecule has 3 rings (SSSR count). The smallest absolute Gasteiger partial charge is 0.171 e. The second-order valence-corrected chi connectivity index (χ2v) is 6.67. The fourth-order valence-corrected chi connectivity index (χ4v) is 3.53. The van der Waals surface area contributed by atoms with Crippen LogP contribution < -0.4 is 5.32 Å². The van der Waals surface area contributed by atoms with Gasteiger partial charge >= 0.3 is 0 Å². The number of nitrogens with one attached hydrogen (secondary N) is 1. The Labute approximate surface area is 110 Å². The molecule has 4 heteroatoms. The zero-order valence-electron chi connectivity index (χ0n) is 10.3. The number of carbonyl (C=O) groups excluding carboxylic acids is 1. The molecule has 0 radical (unpaired) electrons. The normalized spacial score (nSPS) is 21.2. The SMILES string of the molecule is CC1(C)CC(=O)C2=C(C1)Nc1ccc(F)cc1S2. The summed E-state index contributed by atoms with van der Waals surface area (Å²) >= 11 is 1.39. The number of thioether (sulfide) groups is 1. The van der Waals surface area contributed by atoms with Crippen molar-refractivity contribution < 1.29 is 9.18 Å². The van der Waals surface area contributed by atoms with Crippen LogP contribution in [0, 0.1) is 11.2 Å². The number of halogens is 1. The first-order valence-electron chi connectivity index (χ1n) is 5.95. The molecule has 0 fully saturated rings. The topological polar surface area (TPSA) is 29.1 Å². The average molecular weight is 263 g/mol. The van der Waals surface area contributed by atoms with Gasteiger partial charge in [-0.15, -0.1) is 0 Å². The largest absolute Gasteiger partial charge is 0.357 e. The summed E-state index contributed by atoms with van der Waals surface area (Å²) in [4.78, 5) is 13.7. The molecular weight excluding hydrogens is 249 g/mol. The van der Waals surface area contributed by atoms with Crippen molar-refractivity contribution >= 4 is 23.2 Å². The molecule has 1 aliphatic carbocycles. The summed E-state index contributed by atoms with van der Waals surface area (Å²) in [5, 5.41) is 3.28. The molecule has 0 spiro atoms. The number of allylic oxidation sites excluding steroid dienone is 2. The highest BCUT2D eigenvalue weighted by molar-refractivity contribution is 8.04. The number of Topliss-reactive ketones (excluding diaryl/α,β-unsaturated/α-hetero) is 1. The first-order valence-corrected chi connectivity index (χ1v) is 6.77. The molecular formula is C14H14FNOS. The fourth-order valence-electron chi connectivity index (χ4n) is 2.48. The second-order valence-electron chi connectivity index (χ2n) is 5.62. The second kappa shape index (κ2) is 3.85. The third kappa shape index (κ3) is 1.94. The van der Waals surface area contributed by atoms with Crippen LogP contribution in [0.4, 0.5) is 10.1 Å². The Hall–Kier alpha value is -1.29. The first-order chi connectivity index (χ1) is 8.44. The fraction of sp³-hybridized carbons (Fsp3) is 0.357. The van der Waals surface area contributed by atoms with Crippen LogP contribution in [-0.4, -0.2) is 5.78 Å². The monoisotopic (exact) mass is 263 g/mol. The molecule has 18 heavy (non-hydrogen) atoms. The van der Waals surface area contributed by atoms with E-state index in [1.165, 1.54) is 23.9 Å². The number of hydrogen-bond acceptors (Lipinski definition) is 3. The number of benzene rings is 1. The Morgan fingerprint density at radius 3 is 2.89 bits per heavy atom. The van der Waals surface area contributed by atoms with E-state index < -0.39 is 0 Å². The molecule has 0 bridgehead atoms. The predicted octanol–water partition coefficient (Wildman–Crippen LogP) is 3.94. The Morgan fingerprint density at radius 2 is 2.11 bits per heavy atom. The molecule has 1 aromatic carbocycles. The Morgan fingerprint density at radius 1 is 1.33 bits per heavy atom. The highest BCUT2D eigenvalue weighted by Gasteiger charge is 2.35. The Kier molecular flexibility index (Phi) is 2.52. The number of rotatable bonds is 0. The van der Waals surface area contributed by atoms with Crippen molar-refractivity contribution in [2.75, 3.05) is 5.32 Å².